The van der Waals surface area contributed by atoms with E-state index in [1.165, 1.54) is 11.0 Å². The summed E-state index contributed by atoms with van der Waals surface area (Å²) in [6.07, 6.45) is 4.83. The number of carbonyl (C=O) groups is 2. The number of aromatic nitrogens is 2. The Hall–Kier alpha value is -3.67. The molecule has 148 valence electrons. The lowest BCUT2D eigenvalue weighted by Gasteiger charge is -2.09. The molecule has 0 N–H and O–H groups in total. The second-order valence-electron chi connectivity index (χ2n) is 6.81. The molecule has 0 spiro atoms. The van der Waals surface area contributed by atoms with Crippen molar-refractivity contribution in [2.24, 2.45) is 0 Å². The van der Waals surface area contributed by atoms with Crippen molar-refractivity contribution < 1.29 is 14.3 Å². The van der Waals surface area contributed by atoms with Crippen molar-refractivity contribution >= 4 is 18.0 Å². The second kappa shape index (κ2) is 9.01. The van der Waals surface area contributed by atoms with Gasteiger partial charge in [0, 0.05) is 37.5 Å². The molecule has 3 rings (SSSR count). The fourth-order valence-corrected chi connectivity index (χ4v) is 2.63. The smallest absolute Gasteiger partial charge is 0.331 e. The third kappa shape index (κ3) is 5.19. The predicted molar refractivity (Wildman–Crippen MR) is 112 cm³/mol. The summed E-state index contributed by atoms with van der Waals surface area (Å²) in [7, 11) is 3.22. The summed E-state index contributed by atoms with van der Waals surface area (Å²) in [5.74, 6) is -0.855. The van der Waals surface area contributed by atoms with Crippen LogP contribution in [0.5, 0.6) is 0 Å². The van der Waals surface area contributed by atoms with Crippen molar-refractivity contribution in [3.05, 3.63) is 78.0 Å². The van der Waals surface area contributed by atoms with E-state index >= 15 is 0 Å². The van der Waals surface area contributed by atoms with Crippen LogP contribution in [0.2, 0.25) is 0 Å². The summed E-state index contributed by atoms with van der Waals surface area (Å²) in [5, 5.41) is 4.71. The molecule has 0 fully saturated rings. The van der Waals surface area contributed by atoms with Crippen molar-refractivity contribution in [1.82, 2.24) is 14.7 Å². The maximum absolute atomic E-state index is 12.0. The minimum absolute atomic E-state index is 0.274. The van der Waals surface area contributed by atoms with E-state index < -0.39 is 5.97 Å². The summed E-state index contributed by atoms with van der Waals surface area (Å²) in [4.78, 5) is 24.9. The van der Waals surface area contributed by atoms with Gasteiger partial charge in [0.1, 0.15) is 0 Å². The Bertz CT molecular complexity index is 1020. The molecule has 0 unspecified atom stereocenters. The second-order valence-corrected chi connectivity index (χ2v) is 6.81. The predicted octanol–water partition coefficient (Wildman–Crippen LogP) is 3.49. The van der Waals surface area contributed by atoms with Gasteiger partial charge in [0.15, 0.2) is 6.61 Å². The number of para-hydroxylation sites is 1. The number of benzene rings is 2. The number of rotatable bonds is 6. The van der Waals surface area contributed by atoms with Crippen LogP contribution in [-0.2, 0) is 14.3 Å². The summed E-state index contributed by atoms with van der Waals surface area (Å²) < 4.78 is 6.77. The van der Waals surface area contributed by atoms with Gasteiger partial charge in [-0.05, 0) is 25.1 Å². The number of hydrogen-bond donors (Lipinski definition) is 0. The molecule has 1 amide bonds. The number of hydrogen-bond acceptors (Lipinski definition) is 4. The highest BCUT2D eigenvalue weighted by Gasteiger charge is 2.12. The molecular formula is C23H23N3O3. The average molecular weight is 389 g/mol. The van der Waals surface area contributed by atoms with Crippen molar-refractivity contribution in [2.45, 2.75) is 6.92 Å². The highest BCUT2D eigenvalue weighted by Crippen LogP contribution is 2.25. The van der Waals surface area contributed by atoms with Crippen molar-refractivity contribution in [3.63, 3.8) is 0 Å². The number of nitrogens with zero attached hydrogens (tertiary/aromatic N) is 3. The molecule has 0 atom stereocenters. The zero-order valence-electron chi connectivity index (χ0n) is 16.7. The first-order chi connectivity index (χ1) is 13.9. The fraction of sp³-hybridized carbons (Fsp3) is 0.174. The molecule has 1 aromatic heterocycles. The lowest BCUT2D eigenvalue weighted by atomic mass is 10.1. The minimum Gasteiger partial charge on any atom is -0.452 e. The number of aryl methyl sites for hydroxylation is 1. The highest BCUT2D eigenvalue weighted by molar-refractivity contribution is 5.90. The molecule has 0 aliphatic carbocycles. The topological polar surface area (TPSA) is 64.4 Å². The van der Waals surface area contributed by atoms with Gasteiger partial charge < -0.3 is 9.64 Å². The molecular weight excluding hydrogens is 366 g/mol. The largest absolute Gasteiger partial charge is 0.452 e. The Kier molecular flexibility index (Phi) is 6.24. The first-order valence-corrected chi connectivity index (χ1v) is 9.21. The van der Waals surface area contributed by atoms with E-state index in [0.717, 1.165) is 28.1 Å². The molecule has 6 nitrogen and oxygen atoms in total. The van der Waals surface area contributed by atoms with Crippen molar-refractivity contribution in [1.29, 1.82) is 0 Å². The molecule has 3 aromatic rings. The Morgan fingerprint density at radius 3 is 2.41 bits per heavy atom. The van der Waals surface area contributed by atoms with Crippen LogP contribution in [0.1, 0.15) is 11.1 Å². The molecule has 0 saturated carbocycles. The zero-order valence-corrected chi connectivity index (χ0v) is 16.7. The van der Waals surface area contributed by atoms with Crippen molar-refractivity contribution in [2.75, 3.05) is 20.7 Å². The quantitative estimate of drug-likeness (QED) is 0.478. The molecule has 0 saturated heterocycles. The Balaban J connectivity index is 1.88. The normalized spacial score (nSPS) is 10.9. The summed E-state index contributed by atoms with van der Waals surface area (Å²) >= 11 is 0. The van der Waals surface area contributed by atoms with Gasteiger partial charge in [-0.3, -0.25) is 4.79 Å². The SMILES string of the molecule is Cc1ccc(-c2nn(-c3ccccc3)cc2/C=C/C(=O)OCC(=O)N(C)C)cc1. The van der Waals surface area contributed by atoms with Gasteiger partial charge in [-0.15, -0.1) is 0 Å². The van der Waals surface area contributed by atoms with E-state index in [1.807, 2.05) is 67.7 Å². The molecule has 0 radical (unpaired) electrons. The van der Waals surface area contributed by atoms with Gasteiger partial charge in [0.2, 0.25) is 0 Å². The van der Waals surface area contributed by atoms with E-state index in [1.54, 1.807) is 24.9 Å². The first kappa shape index (κ1) is 20.1. The monoisotopic (exact) mass is 389 g/mol. The number of ether oxygens (including phenoxy) is 1. The van der Waals surface area contributed by atoms with Crippen molar-refractivity contribution in [3.8, 4) is 16.9 Å². The molecule has 29 heavy (non-hydrogen) atoms. The molecule has 0 aliphatic rings. The van der Waals surface area contributed by atoms with E-state index in [-0.39, 0.29) is 12.5 Å². The van der Waals surface area contributed by atoms with E-state index in [0.29, 0.717) is 0 Å². The maximum Gasteiger partial charge on any atom is 0.331 e. The van der Waals surface area contributed by atoms with Crippen LogP contribution < -0.4 is 0 Å². The lowest BCUT2D eigenvalue weighted by Crippen LogP contribution is -2.27. The van der Waals surface area contributed by atoms with Gasteiger partial charge >= 0.3 is 5.97 Å². The Morgan fingerprint density at radius 1 is 1.07 bits per heavy atom. The average Bonchev–Trinajstić information content (AvgIpc) is 3.16. The fourth-order valence-electron chi connectivity index (χ4n) is 2.63. The zero-order chi connectivity index (χ0) is 20.8. The molecule has 1 heterocycles. The first-order valence-electron chi connectivity index (χ1n) is 9.21. The van der Waals surface area contributed by atoms with Crippen LogP contribution in [0.3, 0.4) is 0 Å². The maximum atomic E-state index is 12.0. The molecule has 0 aliphatic heterocycles. The van der Waals surface area contributed by atoms with E-state index in [9.17, 15) is 9.59 Å². The molecule has 0 bridgehead atoms. The Labute approximate surface area is 170 Å². The van der Waals surface area contributed by atoms with E-state index in [2.05, 4.69) is 0 Å². The summed E-state index contributed by atoms with van der Waals surface area (Å²) in [5.41, 5.74) is 4.54. The van der Waals surface area contributed by atoms with Gasteiger partial charge in [-0.2, -0.15) is 5.10 Å². The third-order valence-electron chi connectivity index (χ3n) is 4.32. The van der Waals surface area contributed by atoms with Gasteiger partial charge in [-0.25, -0.2) is 9.48 Å². The third-order valence-corrected chi connectivity index (χ3v) is 4.32. The van der Waals surface area contributed by atoms with Crippen LogP contribution in [0, 0.1) is 6.92 Å². The molecule has 2 aromatic carbocycles. The lowest BCUT2D eigenvalue weighted by molar-refractivity contribution is -0.146. The summed E-state index contributed by atoms with van der Waals surface area (Å²) in [6.45, 7) is 1.74. The van der Waals surface area contributed by atoms with E-state index in [4.69, 9.17) is 9.84 Å². The van der Waals surface area contributed by atoms with Crippen LogP contribution in [-0.4, -0.2) is 47.3 Å². The number of carbonyl (C=O) groups excluding carboxylic acids is 2. The number of amides is 1. The summed E-state index contributed by atoms with van der Waals surface area (Å²) in [6, 6.07) is 17.8. The molecule has 6 heteroatoms. The van der Waals surface area contributed by atoms with Gasteiger partial charge in [0.05, 0.1) is 11.4 Å². The van der Waals surface area contributed by atoms with Gasteiger partial charge in [0.25, 0.3) is 5.91 Å². The Morgan fingerprint density at radius 2 is 1.76 bits per heavy atom. The van der Waals surface area contributed by atoms with Crippen LogP contribution in [0.25, 0.3) is 23.0 Å². The minimum atomic E-state index is -0.581. The van der Waals surface area contributed by atoms with Crippen LogP contribution >= 0.6 is 0 Å². The van der Waals surface area contributed by atoms with Gasteiger partial charge in [-0.1, -0.05) is 48.0 Å². The number of esters is 1. The van der Waals surface area contributed by atoms with Crippen LogP contribution in [0.4, 0.5) is 0 Å². The highest BCUT2D eigenvalue weighted by atomic mass is 16.5. The standard InChI is InChI=1S/C23H23N3O3/c1-17-9-11-18(12-10-17)23-19(13-14-22(28)29-16-21(27)25(2)3)15-26(24-23)20-7-5-4-6-8-20/h4-15H,16H2,1-3H3/b14-13+. The van der Waals surface area contributed by atoms with Crippen LogP contribution in [0.15, 0.2) is 66.9 Å². The number of likely N-dealkylation sites (N-methyl/N-ethyl adjacent to an activating group) is 1.